The van der Waals surface area contributed by atoms with Crippen molar-refractivity contribution < 1.29 is 9.53 Å². The SMILES string of the molecule is Cc1ccc(NC(=O)c2ccc(Cl)cc2)cc1Nc1ncccc1-c1ncnc2c1ncn2C1CCCCO1. The number of nitrogens with zero attached hydrogens (tertiary/aromatic N) is 5. The van der Waals surface area contributed by atoms with Gasteiger partial charge in [-0.05, 0) is 80.3 Å². The molecule has 0 spiro atoms. The molecule has 3 aromatic heterocycles. The van der Waals surface area contributed by atoms with E-state index < -0.39 is 0 Å². The zero-order chi connectivity index (χ0) is 26.8. The molecule has 1 aliphatic heterocycles. The molecule has 0 radical (unpaired) electrons. The Morgan fingerprint density at radius 2 is 1.92 bits per heavy atom. The van der Waals surface area contributed by atoms with E-state index in [0.717, 1.165) is 48.3 Å². The maximum atomic E-state index is 12.7. The topological polar surface area (TPSA) is 107 Å². The van der Waals surface area contributed by atoms with Crippen LogP contribution in [-0.4, -0.2) is 37.0 Å². The summed E-state index contributed by atoms with van der Waals surface area (Å²) in [5, 5.41) is 6.96. The van der Waals surface area contributed by atoms with E-state index in [9.17, 15) is 4.79 Å². The van der Waals surface area contributed by atoms with Gasteiger partial charge in [-0.2, -0.15) is 0 Å². The lowest BCUT2D eigenvalue weighted by Crippen LogP contribution is -2.17. The van der Waals surface area contributed by atoms with Crippen LogP contribution in [0.15, 0.2) is 73.4 Å². The first kappa shape index (κ1) is 25.0. The monoisotopic (exact) mass is 539 g/mol. The van der Waals surface area contributed by atoms with Crippen molar-refractivity contribution in [3.63, 3.8) is 0 Å². The van der Waals surface area contributed by atoms with Crippen molar-refractivity contribution in [1.29, 1.82) is 0 Å². The summed E-state index contributed by atoms with van der Waals surface area (Å²) in [6.45, 7) is 2.72. The standard InChI is InChI=1S/C29H26ClN7O2/c1-18-7-12-21(35-29(38)19-8-10-20(30)11-9-19)15-23(18)36-27-22(5-4-13-31-27)25-26-28(33-16-32-25)37(17-34-26)24-6-2-3-14-39-24/h4-5,7-13,15-17,24H,2-3,6,14H2,1H3,(H,31,36)(H,35,38). The van der Waals surface area contributed by atoms with E-state index in [2.05, 4.69) is 30.6 Å². The number of hydrogen-bond donors (Lipinski definition) is 2. The minimum Gasteiger partial charge on any atom is -0.358 e. The Hall–Kier alpha value is -4.34. The van der Waals surface area contributed by atoms with Gasteiger partial charge in [0.25, 0.3) is 5.91 Å². The predicted octanol–water partition coefficient (Wildman–Crippen LogP) is 6.55. The maximum absolute atomic E-state index is 12.7. The van der Waals surface area contributed by atoms with Crippen LogP contribution in [0.1, 0.15) is 41.4 Å². The number of pyridine rings is 1. The van der Waals surface area contributed by atoms with E-state index in [1.54, 1.807) is 43.1 Å². The van der Waals surface area contributed by atoms with Crippen LogP contribution >= 0.6 is 11.6 Å². The van der Waals surface area contributed by atoms with Gasteiger partial charge in [-0.25, -0.2) is 19.9 Å². The quantitative estimate of drug-likeness (QED) is 0.252. The fraction of sp³-hybridized carbons (Fsp3) is 0.207. The van der Waals surface area contributed by atoms with E-state index >= 15 is 0 Å². The van der Waals surface area contributed by atoms with Crippen LogP contribution in [0, 0.1) is 6.92 Å². The van der Waals surface area contributed by atoms with Gasteiger partial charge < -0.3 is 15.4 Å². The molecule has 0 bridgehead atoms. The number of benzene rings is 2. The summed E-state index contributed by atoms with van der Waals surface area (Å²) in [7, 11) is 0. The van der Waals surface area contributed by atoms with E-state index in [1.165, 1.54) is 0 Å². The molecular formula is C29H26ClN7O2. The number of fused-ring (bicyclic) bond motifs is 1. The fourth-order valence-corrected chi connectivity index (χ4v) is 4.79. The Bertz CT molecular complexity index is 1650. The summed E-state index contributed by atoms with van der Waals surface area (Å²) in [5.41, 5.74) is 5.83. The van der Waals surface area contributed by atoms with Crippen LogP contribution < -0.4 is 10.6 Å². The molecule has 196 valence electrons. The number of carbonyl (C=O) groups excluding carboxylic acids is 1. The van der Waals surface area contributed by atoms with Crippen LogP contribution in [-0.2, 0) is 4.74 Å². The molecule has 9 nitrogen and oxygen atoms in total. The number of amides is 1. The average Bonchev–Trinajstić information content (AvgIpc) is 3.40. The summed E-state index contributed by atoms with van der Waals surface area (Å²) < 4.78 is 7.95. The number of halogens is 1. The highest BCUT2D eigenvalue weighted by atomic mass is 35.5. The van der Waals surface area contributed by atoms with Crippen molar-refractivity contribution in [2.75, 3.05) is 17.2 Å². The van der Waals surface area contributed by atoms with Crippen LogP contribution in [0.4, 0.5) is 17.2 Å². The molecule has 2 N–H and O–H groups in total. The van der Waals surface area contributed by atoms with Crippen molar-refractivity contribution in [2.45, 2.75) is 32.4 Å². The van der Waals surface area contributed by atoms with Gasteiger partial charge in [0, 0.05) is 40.3 Å². The average molecular weight is 540 g/mol. The molecule has 10 heteroatoms. The summed E-state index contributed by atoms with van der Waals surface area (Å²) in [5.74, 6) is 0.395. The molecule has 0 aliphatic carbocycles. The number of carbonyl (C=O) groups is 1. The molecule has 1 amide bonds. The number of anilines is 3. The fourth-order valence-electron chi connectivity index (χ4n) is 4.67. The molecule has 39 heavy (non-hydrogen) atoms. The Morgan fingerprint density at radius 1 is 1.05 bits per heavy atom. The molecule has 5 aromatic rings. The van der Waals surface area contributed by atoms with Crippen molar-refractivity contribution in [1.82, 2.24) is 24.5 Å². The molecule has 1 aliphatic rings. The zero-order valence-electron chi connectivity index (χ0n) is 21.3. The Morgan fingerprint density at radius 3 is 2.74 bits per heavy atom. The lowest BCUT2D eigenvalue weighted by molar-refractivity contribution is -0.0298. The van der Waals surface area contributed by atoms with Gasteiger partial charge in [0.15, 0.2) is 5.65 Å². The molecule has 1 saturated heterocycles. The highest BCUT2D eigenvalue weighted by molar-refractivity contribution is 6.30. The van der Waals surface area contributed by atoms with Crippen LogP contribution in [0.5, 0.6) is 0 Å². The highest BCUT2D eigenvalue weighted by Gasteiger charge is 2.22. The minimum absolute atomic E-state index is 0.0773. The lowest BCUT2D eigenvalue weighted by Gasteiger charge is -2.23. The van der Waals surface area contributed by atoms with Gasteiger partial charge in [-0.1, -0.05) is 17.7 Å². The van der Waals surface area contributed by atoms with E-state index in [-0.39, 0.29) is 12.1 Å². The second-order valence-corrected chi connectivity index (χ2v) is 9.82. The molecular weight excluding hydrogens is 514 g/mol. The van der Waals surface area contributed by atoms with Crippen LogP contribution in [0.25, 0.3) is 22.4 Å². The molecule has 4 heterocycles. The zero-order valence-corrected chi connectivity index (χ0v) is 22.0. The molecule has 1 atom stereocenters. The Kier molecular flexibility index (Phi) is 6.91. The van der Waals surface area contributed by atoms with Gasteiger partial charge in [0.2, 0.25) is 0 Å². The van der Waals surface area contributed by atoms with Gasteiger partial charge in [-0.3, -0.25) is 9.36 Å². The molecule has 1 unspecified atom stereocenters. The first-order valence-electron chi connectivity index (χ1n) is 12.8. The number of ether oxygens (including phenoxy) is 1. The molecule has 6 rings (SSSR count). The van der Waals surface area contributed by atoms with E-state index in [1.807, 2.05) is 41.8 Å². The van der Waals surface area contributed by atoms with Gasteiger partial charge in [0.05, 0.1) is 6.33 Å². The van der Waals surface area contributed by atoms with Gasteiger partial charge in [-0.15, -0.1) is 0 Å². The first-order chi connectivity index (χ1) is 19.1. The van der Waals surface area contributed by atoms with Crippen molar-refractivity contribution in [3.8, 4) is 11.3 Å². The second-order valence-electron chi connectivity index (χ2n) is 9.38. The summed E-state index contributed by atoms with van der Waals surface area (Å²) in [6, 6.07) is 16.3. The first-order valence-corrected chi connectivity index (χ1v) is 13.1. The number of aryl methyl sites for hydroxylation is 1. The molecule has 2 aromatic carbocycles. The van der Waals surface area contributed by atoms with Gasteiger partial charge in [0.1, 0.15) is 29.6 Å². The summed E-state index contributed by atoms with van der Waals surface area (Å²) in [4.78, 5) is 31.1. The number of rotatable bonds is 6. The lowest BCUT2D eigenvalue weighted by atomic mass is 10.1. The number of hydrogen-bond acceptors (Lipinski definition) is 7. The van der Waals surface area contributed by atoms with Gasteiger partial charge >= 0.3 is 0 Å². The van der Waals surface area contributed by atoms with Crippen LogP contribution in [0.2, 0.25) is 5.02 Å². The number of aromatic nitrogens is 5. The third-order valence-electron chi connectivity index (χ3n) is 6.74. The number of nitrogens with one attached hydrogen (secondary N) is 2. The predicted molar refractivity (Wildman–Crippen MR) is 151 cm³/mol. The second kappa shape index (κ2) is 10.8. The summed E-state index contributed by atoms with van der Waals surface area (Å²) >= 11 is 5.95. The Balaban J connectivity index is 1.30. The van der Waals surface area contributed by atoms with Crippen molar-refractivity contribution in [3.05, 3.63) is 89.6 Å². The Labute approximate surface area is 230 Å². The third kappa shape index (κ3) is 5.19. The van der Waals surface area contributed by atoms with Crippen LogP contribution in [0.3, 0.4) is 0 Å². The molecule has 1 fully saturated rings. The van der Waals surface area contributed by atoms with Crippen molar-refractivity contribution >= 4 is 45.9 Å². The normalized spacial score (nSPS) is 15.3. The maximum Gasteiger partial charge on any atom is 0.255 e. The molecule has 0 saturated carbocycles. The summed E-state index contributed by atoms with van der Waals surface area (Å²) in [6.07, 6.45) is 8.07. The van der Waals surface area contributed by atoms with Crippen molar-refractivity contribution in [2.24, 2.45) is 0 Å². The third-order valence-corrected chi connectivity index (χ3v) is 6.99. The van der Waals surface area contributed by atoms with E-state index in [4.69, 9.17) is 16.3 Å². The van der Waals surface area contributed by atoms with E-state index in [0.29, 0.717) is 33.3 Å². The highest BCUT2D eigenvalue weighted by Crippen LogP contribution is 2.34. The smallest absolute Gasteiger partial charge is 0.255 e. The largest absolute Gasteiger partial charge is 0.358 e. The number of imidazole rings is 1. The minimum atomic E-state index is -0.221.